The number of hydrogen-bond donors (Lipinski definition) is 2. The SMILES string of the molecule is CC(C)(CNC(=O)[C@@H](N)C(C)(C)C)c1cccc(Cl)c1. The molecule has 0 saturated carbocycles. The van der Waals surface area contributed by atoms with Gasteiger partial charge in [-0.1, -0.05) is 58.4 Å². The third kappa shape index (κ3) is 4.50. The Morgan fingerprint density at radius 1 is 1.30 bits per heavy atom. The maximum Gasteiger partial charge on any atom is 0.237 e. The van der Waals surface area contributed by atoms with Crippen LogP contribution in [-0.2, 0) is 10.2 Å². The van der Waals surface area contributed by atoms with Gasteiger partial charge in [0, 0.05) is 17.0 Å². The summed E-state index contributed by atoms with van der Waals surface area (Å²) < 4.78 is 0. The van der Waals surface area contributed by atoms with Crippen molar-refractivity contribution in [2.24, 2.45) is 11.1 Å². The number of rotatable bonds is 4. The largest absolute Gasteiger partial charge is 0.354 e. The first-order chi connectivity index (χ1) is 9.04. The molecule has 1 rings (SSSR count). The van der Waals surface area contributed by atoms with Crippen LogP contribution in [0.15, 0.2) is 24.3 Å². The predicted molar refractivity (Wildman–Crippen MR) is 84.9 cm³/mol. The zero-order valence-corrected chi connectivity index (χ0v) is 13.7. The van der Waals surface area contributed by atoms with E-state index in [1.165, 1.54) is 0 Å². The highest BCUT2D eigenvalue weighted by molar-refractivity contribution is 6.30. The third-order valence-electron chi connectivity index (χ3n) is 3.53. The highest BCUT2D eigenvalue weighted by Crippen LogP contribution is 2.25. The molecule has 1 amide bonds. The summed E-state index contributed by atoms with van der Waals surface area (Å²) >= 11 is 6.02. The minimum Gasteiger partial charge on any atom is -0.354 e. The first kappa shape index (κ1) is 17.0. The minimum absolute atomic E-state index is 0.118. The van der Waals surface area contributed by atoms with Crippen molar-refractivity contribution in [3.8, 4) is 0 Å². The topological polar surface area (TPSA) is 55.1 Å². The minimum atomic E-state index is -0.516. The van der Waals surface area contributed by atoms with Gasteiger partial charge in [0.25, 0.3) is 0 Å². The van der Waals surface area contributed by atoms with E-state index in [1.807, 2.05) is 45.0 Å². The van der Waals surface area contributed by atoms with E-state index >= 15 is 0 Å². The van der Waals surface area contributed by atoms with Gasteiger partial charge in [0.2, 0.25) is 5.91 Å². The summed E-state index contributed by atoms with van der Waals surface area (Å²) in [5, 5.41) is 3.64. The van der Waals surface area contributed by atoms with Gasteiger partial charge in [0.05, 0.1) is 6.04 Å². The highest BCUT2D eigenvalue weighted by Gasteiger charge is 2.29. The van der Waals surface area contributed by atoms with Gasteiger partial charge in [0.15, 0.2) is 0 Å². The normalized spacial score (nSPS) is 13.9. The number of carbonyl (C=O) groups excluding carboxylic acids is 1. The standard InChI is InChI=1S/C16H25ClN2O/c1-15(2,3)13(18)14(20)19-10-16(4,5)11-7-6-8-12(17)9-11/h6-9,13H,10,18H2,1-5H3,(H,19,20)/t13-/m1/s1. The van der Waals surface area contributed by atoms with Crippen molar-refractivity contribution in [1.29, 1.82) is 0 Å². The van der Waals surface area contributed by atoms with Crippen molar-refractivity contribution < 1.29 is 4.79 Å². The average Bonchev–Trinajstić information content (AvgIpc) is 2.34. The lowest BCUT2D eigenvalue weighted by Gasteiger charge is -2.30. The fourth-order valence-electron chi connectivity index (χ4n) is 1.82. The van der Waals surface area contributed by atoms with Crippen LogP contribution in [0.25, 0.3) is 0 Å². The van der Waals surface area contributed by atoms with Crippen LogP contribution in [0.4, 0.5) is 0 Å². The summed E-state index contributed by atoms with van der Waals surface area (Å²) in [6, 6.07) is 7.19. The van der Waals surface area contributed by atoms with Crippen LogP contribution in [0.1, 0.15) is 40.2 Å². The highest BCUT2D eigenvalue weighted by atomic mass is 35.5. The van der Waals surface area contributed by atoms with Gasteiger partial charge in [-0.2, -0.15) is 0 Å². The van der Waals surface area contributed by atoms with E-state index in [2.05, 4.69) is 19.2 Å². The molecule has 0 aromatic heterocycles. The van der Waals surface area contributed by atoms with Crippen molar-refractivity contribution >= 4 is 17.5 Å². The van der Waals surface area contributed by atoms with Gasteiger partial charge in [0.1, 0.15) is 0 Å². The first-order valence-corrected chi connectivity index (χ1v) is 7.21. The summed E-state index contributed by atoms with van der Waals surface area (Å²) in [5.41, 5.74) is 6.60. The molecule has 3 N–H and O–H groups in total. The summed E-state index contributed by atoms with van der Waals surface area (Å²) in [6.45, 7) is 10.5. The Morgan fingerprint density at radius 3 is 2.40 bits per heavy atom. The molecule has 0 aliphatic rings. The van der Waals surface area contributed by atoms with Gasteiger partial charge in [-0.25, -0.2) is 0 Å². The molecule has 3 nitrogen and oxygen atoms in total. The van der Waals surface area contributed by atoms with Crippen LogP contribution in [0, 0.1) is 5.41 Å². The zero-order chi connectivity index (χ0) is 15.6. The third-order valence-corrected chi connectivity index (χ3v) is 3.76. The maximum absolute atomic E-state index is 12.1. The smallest absolute Gasteiger partial charge is 0.237 e. The Morgan fingerprint density at radius 2 is 1.90 bits per heavy atom. The molecule has 0 radical (unpaired) electrons. The summed E-state index contributed by atoms with van der Waals surface area (Å²) in [5.74, 6) is -0.118. The molecule has 0 bridgehead atoms. The molecule has 0 aliphatic heterocycles. The number of hydrogen-bond acceptors (Lipinski definition) is 2. The second kappa shape index (κ2) is 6.15. The van der Waals surface area contributed by atoms with Crippen LogP contribution in [-0.4, -0.2) is 18.5 Å². The Balaban J connectivity index is 2.71. The molecule has 1 aromatic carbocycles. The second-order valence-corrected chi connectivity index (χ2v) is 7.39. The van der Waals surface area contributed by atoms with Gasteiger partial charge in [-0.3, -0.25) is 4.79 Å². The van der Waals surface area contributed by atoms with E-state index in [1.54, 1.807) is 0 Å². The maximum atomic E-state index is 12.1. The molecule has 0 fully saturated rings. The van der Waals surface area contributed by atoms with Crippen LogP contribution in [0.5, 0.6) is 0 Å². The van der Waals surface area contributed by atoms with E-state index in [9.17, 15) is 4.79 Å². The molecule has 0 aliphatic carbocycles. The average molecular weight is 297 g/mol. The Kier molecular flexibility index (Phi) is 5.22. The molecule has 1 atom stereocenters. The van der Waals surface area contributed by atoms with Crippen molar-refractivity contribution in [3.05, 3.63) is 34.9 Å². The number of amides is 1. The molecule has 1 aromatic rings. The molecule has 0 spiro atoms. The van der Waals surface area contributed by atoms with Crippen LogP contribution in [0.2, 0.25) is 5.02 Å². The molecule has 112 valence electrons. The molecular weight excluding hydrogens is 272 g/mol. The van der Waals surface area contributed by atoms with Gasteiger partial charge in [-0.05, 0) is 23.1 Å². The number of benzene rings is 1. The number of nitrogens with one attached hydrogen (secondary N) is 1. The van der Waals surface area contributed by atoms with Crippen molar-refractivity contribution in [3.63, 3.8) is 0 Å². The van der Waals surface area contributed by atoms with Crippen LogP contribution in [0.3, 0.4) is 0 Å². The van der Waals surface area contributed by atoms with E-state index in [0.717, 1.165) is 5.56 Å². The molecule has 4 heteroatoms. The van der Waals surface area contributed by atoms with Crippen molar-refractivity contribution in [1.82, 2.24) is 5.32 Å². The second-order valence-electron chi connectivity index (χ2n) is 6.96. The first-order valence-electron chi connectivity index (χ1n) is 6.83. The van der Waals surface area contributed by atoms with Crippen LogP contribution >= 0.6 is 11.6 Å². The fourth-order valence-corrected chi connectivity index (χ4v) is 2.01. The Hall–Kier alpha value is -1.06. The number of carbonyl (C=O) groups is 1. The quantitative estimate of drug-likeness (QED) is 0.897. The monoisotopic (exact) mass is 296 g/mol. The van der Waals surface area contributed by atoms with E-state index in [4.69, 9.17) is 17.3 Å². The van der Waals surface area contributed by atoms with Gasteiger partial charge in [-0.15, -0.1) is 0 Å². The number of nitrogens with two attached hydrogens (primary N) is 1. The molecule has 0 heterocycles. The lowest BCUT2D eigenvalue weighted by Crippen LogP contribution is -2.50. The van der Waals surface area contributed by atoms with E-state index < -0.39 is 6.04 Å². The fraction of sp³-hybridized carbons (Fsp3) is 0.562. The summed E-state index contributed by atoms with van der Waals surface area (Å²) in [4.78, 5) is 12.1. The summed E-state index contributed by atoms with van der Waals surface area (Å²) in [6.07, 6.45) is 0. The molecule has 0 unspecified atom stereocenters. The van der Waals surface area contributed by atoms with Crippen molar-refractivity contribution in [2.45, 2.75) is 46.1 Å². The predicted octanol–water partition coefficient (Wildman–Crippen LogP) is 3.11. The Bertz CT molecular complexity index is 478. The number of halogens is 1. The van der Waals surface area contributed by atoms with E-state index in [0.29, 0.717) is 11.6 Å². The molecular formula is C16H25ClN2O. The Labute approximate surface area is 126 Å². The van der Waals surface area contributed by atoms with Gasteiger partial charge >= 0.3 is 0 Å². The van der Waals surface area contributed by atoms with Gasteiger partial charge < -0.3 is 11.1 Å². The molecule has 20 heavy (non-hydrogen) atoms. The van der Waals surface area contributed by atoms with E-state index in [-0.39, 0.29) is 16.7 Å². The van der Waals surface area contributed by atoms with Crippen LogP contribution < -0.4 is 11.1 Å². The summed E-state index contributed by atoms with van der Waals surface area (Å²) in [7, 11) is 0. The van der Waals surface area contributed by atoms with Crippen molar-refractivity contribution in [2.75, 3.05) is 6.54 Å². The zero-order valence-electron chi connectivity index (χ0n) is 13.0. The lowest BCUT2D eigenvalue weighted by molar-refractivity contribution is -0.124. The molecule has 0 saturated heterocycles. The lowest BCUT2D eigenvalue weighted by atomic mass is 9.83.